The second-order valence-corrected chi connectivity index (χ2v) is 11.4. The van der Waals surface area contributed by atoms with Gasteiger partial charge in [0.2, 0.25) is 5.91 Å². The highest BCUT2D eigenvalue weighted by atomic mass is 32.2. The van der Waals surface area contributed by atoms with Crippen molar-refractivity contribution < 1.29 is 19.1 Å². The summed E-state index contributed by atoms with van der Waals surface area (Å²) in [5.41, 5.74) is 5.41. The van der Waals surface area contributed by atoms with Gasteiger partial charge in [0.05, 0.1) is 11.9 Å². The maximum absolute atomic E-state index is 13.4. The van der Waals surface area contributed by atoms with Gasteiger partial charge in [0.1, 0.15) is 10.6 Å². The van der Waals surface area contributed by atoms with Crippen molar-refractivity contribution in [2.75, 3.05) is 17.2 Å². The highest BCUT2D eigenvalue weighted by molar-refractivity contribution is 8.00. The molecule has 4 aromatic rings. The molecule has 0 saturated carbocycles. The lowest BCUT2D eigenvalue weighted by molar-refractivity contribution is -0.115. The lowest BCUT2D eigenvalue weighted by Gasteiger charge is -2.16. The molecule has 3 aromatic carbocycles. The Bertz CT molecular complexity index is 1490. The van der Waals surface area contributed by atoms with E-state index >= 15 is 0 Å². The van der Waals surface area contributed by atoms with Gasteiger partial charge in [0, 0.05) is 27.1 Å². The number of amides is 2. The molecule has 1 aromatic heterocycles. The second kappa shape index (κ2) is 13.5. The molecular formula is C32H32N2O4S2. The van der Waals surface area contributed by atoms with Crippen LogP contribution in [0.2, 0.25) is 0 Å². The van der Waals surface area contributed by atoms with Crippen molar-refractivity contribution in [3.63, 3.8) is 0 Å². The van der Waals surface area contributed by atoms with Crippen molar-refractivity contribution in [2.24, 2.45) is 0 Å². The zero-order valence-corrected chi connectivity index (χ0v) is 24.6. The Morgan fingerprint density at radius 3 is 2.23 bits per heavy atom. The van der Waals surface area contributed by atoms with E-state index in [1.165, 1.54) is 23.1 Å². The minimum atomic E-state index is -0.465. The molecule has 206 valence electrons. The monoisotopic (exact) mass is 572 g/mol. The SMILES string of the molecule is CCOC(=O)c1c(-c2ccc(C)cc2)csc1NC(=O)C(CC)Sc1cccc(NC(=O)c2ccc(C)cc2)c1. The molecule has 0 fully saturated rings. The predicted molar refractivity (Wildman–Crippen MR) is 165 cm³/mol. The highest BCUT2D eigenvalue weighted by Gasteiger charge is 2.25. The van der Waals surface area contributed by atoms with Gasteiger partial charge in [-0.2, -0.15) is 0 Å². The second-order valence-electron chi connectivity index (χ2n) is 9.29. The van der Waals surface area contributed by atoms with Crippen LogP contribution in [0.15, 0.2) is 83.1 Å². The Labute approximate surface area is 243 Å². The van der Waals surface area contributed by atoms with E-state index < -0.39 is 11.2 Å². The van der Waals surface area contributed by atoms with E-state index in [-0.39, 0.29) is 18.4 Å². The van der Waals surface area contributed by atoms with Crippen molar-refractivity contribution in [3.05, 3.63) is 100 Å². The van der Waals surface area contributed by atoms with Crippen LogP contribution < -0.4 is 10.6 Å². The molecule has 6 nitrogen and oxygen atoms in total. The van der Waals surface area contributed by atoms with Crippen molar-refractivity contribution in [2.45, 2.75) is 44.3 Å². The van der Waals surface area contributed by atoms with Gasteiger partial charge in [0.25, 0.3) is 5.91 Å². The maximum Gasteiger partial charge on any atom is 0.341 e. The third-order valence-electron chi connectivity index (χ3n) is 6.22. The Balaban J connectivity index is 1.50. The number of benzene rings is 3. The molecule has 4 rings (SSSR count). The molecule has 2 amide bonds. The molecule has 1 heterocycles. The number of rotatable bonds is 10. The lowest BCUT2D eigenvalue weighted by Crippen LogP contribution is -2.25. The molecule has 0 saturated heterocycles. The van der Waals surface area contributed by atoms with E-state index in [9.17, 15) is 14.4 Å². The Hall–Kier alpha value is -3.88. The van der Waals surface area contributed by atoms with Gasteiger partial charge < -0.3 is 15.4 Å². The number of aryl methyl sites for hydroxylation is 2. The third kappa shape index (κ3) is 7.20. The smallest absolute Gasteiger partial charge is 0.341 e. The fourth-order valence-electron chi connectivity index (χ4n) is 4.04. The van der Waals surface area contributed by atoms with Gasteiger partial charge in [0.15, 0.2) is 0 Å². The summed E-state index contributed by atoms with van der Waals surface area (Å²) in [5, 5.41) is 7.84. The fourth-order valence-corrected chi connectivity index (χ4v) is 6.01. The largest absolute Gasteiger partial charge is 0.462 e. The first-order chi connectivity index (χ1) is 19.3. The van der Waals surface area contributed by atoms with Crippen LogP contribution >= 0.6 is 23.1 Å². The van der Waals surface area contributed by atoms with Crippen LogP contribution in [0.5, 0.6) is 0 Å². The number of hydrogen-bond donors (Lipinski definition) is 2. The summed E-state index contributed by atoms with van der Waals surface area (Å²) in [6, 6.07) is 22.7. The van der Waals surface area contributed by atoms with Gasteiger partial charge >= 0.3 is 5.97 Å². The fraction of sp³-hybridized carbons (Fsp3) is 0.219. The number of esters is 1. The summed E-state index contributed by atoms with van der Waals surface area (Å²) in [6.07, 6.45) is 0.571. The van der Waals surface area contributed by atoms with Crippen LogP contribution in [0.3, 0.4) is 0 Å². The number of ether oxygens (including phenoxy) is 1. The Morgan fingerprint density at radius 1 is 0.900 bits per heavy atom. The molecule has 0 bridgehead atoms. The summed E-state index contributed by atoms with van der Waals surface area (Å²) in [5.74, 6) is -0.864. The average molecular weight is 573 g/mol. The molecule has 8 heteroatoms. The van der Waals surface area contributed by atoms with Crippen molar-refractivity contribution >= 4 is 51.6 Å². The summed E-state index contributed by atoms with van der Waals surface area (Å²) < 4.78 is 5.34. The first kappa shape index (κ1) is 29.1. The Morgan fingerprint density at radius 2 is 1.57 bits per heavy atom. The number of carbonyl (C=O) groups is 3. The first-order valence-corrected chi connectivity index (χ1v) is 14.9. The highest BCUT2D eigenvalue weighted by Crippen LogP contribution is 2.37. The van der Waals surface area contributed by atoms with Gasteiger partial charge in [-0.05, 0) is 63.1 Å². The lowest BCUT2D eigenvalue weighted by atomic mass is 10.0. The van der Waals surface area contributed by atoms with Crippen molar-refractivity contribution in [3.8, 4) is 11.1 Å². The van der Waals surface area contributed by atoms with Crippen LogP contribution in [0, 0.1) is 13.8 Å². The molecule has 40 heavy (non-hydrogen) atoms. The van der Waals surface area contributed by atoms with E-state index in [1.54, 1.807) is 19.1 Å². The van der Waals surface area contributed by atoms with E-state index in [1.807, 2.05) is 86.8 Å². The minimum absolute atomic E-state index is 0.194. The van der Waals surface area contributed by atoms with Gasteiger partial charge in [-0.3, -0.25) is 9.59 Å². The number of thiophene rings is 1. The topological polar surface area (TPSA) is 84.5 Å². The maximum atomic E-state index is 13.4. The summed E-state index contributed by atoms with van der Waals surface area (Å²) in [4.78, 5) is 39.8. The normalized spacial score (nSPS) is 11.5. The van der Waals surface area contributed by atoms with Crippen LogP contribution in [-0.4, -0.2) is 29.6 Å². The van der Waals surface area contributed by atoms with Crippen molar-refractivity contribution in [1.82, 2.24) is 0 Å². The summed E-state index contributed by atoms with van der Waals surface area (Å²) in [7, 11) is 0. The molecular weight excluding hydrogens is 540 g/mol. The molecule has 0 spiro atoms. The van der Waals surface area contributed by atoms with E-state index in [2.05, 4.69) is 10.6 Å². The van der Waals surface area contributed by atoms with Crippen LogP contribution in [0.1, 0.15) is 52.1 Å². The number of anilines is 2. The van der Waals surface area contributed by atoms with E-state index in [4.69, 9.17) is 4.74 Å². The Kier molecular flexibility index (Phi) is 9.79. The number of thioether (sulfide) groups is 1. The standard InChI is InChI=1S/C32H32N2O4S2/c1-5-27(40-25-9-7-8-24(18-25)33-29(35)23-16-12-21(4)13-17-23)30(36)34-31-28(32(37)38-6-2)26(19-39-31)22-14-10-20(3)11-15-22/h7-19,27H,5-6H2,1-4H3,(H,33,35)(H,34,36). The molecule has 1 unspecified atom stereocenters. The van der Waals surface area contributed by atoms with Crippen LogP contribution in [0.25, 0.3) is 11.1 Å². The molecule has 2 N–H and O–H groups in total. The summed E-state index contributed by atoms with van der Waals surface area (Å²) >= 11 is 2.72. The van der Waals surface area contributed by atoms with Gasteiger partial charge in [-0.15, -0.1) is 23.1 Å². The molecule has 0 radical (unpaired) electrons. The summed E-state index contributed by atoms with van der Waals surface area (Å²) in [6.45, 7) is 7.92. The molecule has 0 aliphatic carbocycles. The number of carbonyl (C=O) groups excluding carboxylic acids is 3. The minimum Gasteiger partial charge on any atom is -0.462 e. The first-order valence-electron chi connectivity index (χ1n) is 13.1. The quantitative estimate of drug-likeness (QED) is 0.149. The molecule has 0 aliphatic heterocycles. The molecule has 0 aliphatic rings. The van der Waals surface area contributed by atoms with Crippen LogP contribution in [-0.2, 0) is 9.53 Å². The van der Waals surface area contributed by atoms with E-state index in [0.29, 0.717) is 28.2 Å². The van der Waals surface area contributed by atoms with Crippen molar-refractivity contribution in [1.29, 1.82) is 0 Å². The number of nitrogens with one attached hydrogen (secondary N) is 2. The van der Waals surface area contributed by atoms with Gasteiger partial charge in [-0.1, -0.05) is 60.5 Å². The average Bonchev–Trinajstić information content (AvgIpc) is 3.36. The van der Waals surface area contributed by atoms with E-state index in [0.717, 1.165) is 27.1 Å². The zero-order chi connectivity index (χ0) is 28.6. The molecule has 1 atom stereocenters. The van der Waals surface area contributed by atoms with Crippen LogP contribution in [0.4, 0.5) is 10.7 Å². The zero-order valence-electron chi connectivity index (χ0n) is 22.9. The predicted octanol–water partition coefficient (Wildman–Crippen LogP) is 7.97. The third-order valence-corrected chi connectivity index (χ3v) is 8.47. The van der Waals surface area contributed by atoms with Gasteiger partial charge in [-0.25, -0.2) is 4.79 Å². The number of hydrogen-bond acceptors (Lipinski definition) is 6.